The van der Waals surface area contributed by atoms with E-state index in [1.165, 1.54) is 0 Å². The third-order valence-corrected chi connectivity index (χ3v) is 18.8. The number of methoxy groups -OCH3 is 2. The molecule has 0 radical (unpaired) electrons. The van der Waals surface area contributed by atoms with Crippen LogP contribution in [-0.4, -0.2) is 57.4 Å². The van der Waals surface area contributed by atoms with Crippen molar-refractivity contribution in [1.29, 1.82) is 0 Å². The Morgan fingerprint density at radius 1 is 0.280 bits per heavy atom. The predicted octanol–water partition coefficient (Wildman–Crippen LogP) is 20.0. The lowest BCUT2D eigenvalue weighted by molar-refractivity contribution is 0.415. The highest BCUT2D eigenvalue weighted by molar-refractivity contribution is 6.18. The summed E-state index contributed by atoms with van der Waals surface area (Å²) in [7, 11) is 3.44. The number of fused-ring (bicyclic) bond motifs is 15. The van der Waals surface area contributed by atoms with Gasteiger partial charge in [-0.1, -0.05) is 200 Å². The van der Waals surface area contributed by atoms with Gasteiger partial charge in [0.25, 0.3) is 0 Å². The molecular formula is C82H53N9O2. The van der Waals surface area contributed by atoms with Crippen molar-refractivity contribution in [3.8, 4) is 79.8 Å². The number of para-hydroxylation sites is 7. The van der Waals surface area contributed by atoms with Crippen molar-refractivity contribution in [3.63, 3.8) is 0 Å². The van der Waals surface area contributed by atoms with E-state index >= 15 is 0 Å². The van der Waals surface area contributed by atoms with Crippen LogP contribution < -0.4 is 9.47 Å². The minimum absolute atomic E-state index is 0.456. The molecule has 7 heterocycles. The molecule has 1 N–H and O–H groups in total. The van der Waals surface area contributed by atoms with Crippen LogP contribution in [0.5, 0.6) is 11.5 Å². The van der Waals surface area contributed by atoms with Crippen LogP contribution in [0.3, 0.4) is 0 Å². The van der Waals surface area contributed by atoms with Crippen molar-refractivity contribution in [2.24, 2.45) is 0 Å². The number of nitrogens with zero attached hydrogens (tertiary/aromatic N) is 8. The summed E-state index contributed by atoms with van der Waals surface area (Å²) in [6.45, 7) is 0. The van der Waals surface area contributed by atoms with Gasteiger partial charge in [0.05, 0.1) is 69.4 Å². The first-order chi connectivity index (χ1) is 46.1. The highest BCUT2D eigenvalue weighted by Gasteiger charge is 2.34. The van der Waals surface area contributed by atoms with Gasteiger partial charge in [0.15, 0.2) is 29.1 Å². The van der Waals surface area contributed by atoms with E-state index in [0.717, 1.165) is 160 Å². The molecule has 0 aliphatic rings. The van der Waals surface area contributed by atoms with Crippen LogP contribution in [0.25, 0.3) is 177 Å². The Labute approximate surface area is 531 Å². The van der Waals surface area contributed by atoms with Crippen molar-refractivity contribution < 1.29 is 9.47 Å². The summed E-state index contributed by atoms with van der Waals surface area (Å²) >= 11 is 0. The van der Waals surface area contributed by atoms with Gasteiger partial charge in [0, 0.05) is 76.1 Å². The van der Waals surface area contributed by atoms with Gasteiger partial charge in [-0.3, -0.25) is 9.13 Å². The van der Waals surface area contributed by atoms with E-state index in [1.807, 2.05) is 42.5 Å². The maximum absolute atomic E-state index is 6.54. The fourth-order valence-corrected chi connectivity index (χ4v) is 14.7. The molecule has 0 aliphatic carbocycles. The molecule has 0 saturated carbocycles. The second kappa shape index (κ2) is 20.5. The molecule has 19 aromatic rings. The van der Waals surface area contributed by atoms with Gasteiger partial charge in [-0.15, -0.1) is 0 Å². The lowest BCUT2D eigenvalue weighted by Crippen LogP contribution is -2.17. The number of ether oxygens (including phenoxy) is 2. The summed E-state index contributed by atoms with van der Waals surface area (Å²) in [6, 6.07) is 98.8. The first-order valence-electron chi connectivity index (χ1n) is 31.2. The zero-order chi connectivity index (χ0) is 61.4. The maximum Gasteiger partial charge on any atom is 0.168 e. The first-order valence-corrected chi connectivity index (χ1v) is 31.2. The van der Waals surface area contributed by atoms with Crippen LogP contribution in [-0.2, 0) is 0 Å². The topological polar surface area (TPSA) is 106 Å². The monoisotopic (exact) mass is 1200 g/mol. The molecule has 0 unspecified atom stereocenters. The predicted molar refractivity (Wildman–Crippen MR) is 379 cm³/mol. The second-order valence-electron chi connectivity index (χ2n) is 23.7. The van der Waals surface area contributed by atoms with E-state index < -0.39 is 0 Å². The van der Waals surface area contributed by atoms with Crippen LogP contribution in [0.2, 0.25) is 0 Å². The van der Waals surface area contributed by atoms with Crippen molar-refractivity contribution in [2.45, 2.75) is 0 Å². The molecule has 438 valence electrons. The Morgan fingerprint density at radius 3 is 1.10 bits per heavy atom. The van der Waals surface area contributed by atoms with Gasteiger partial charge >= 0.3 is 0 Å². The van der Waals surface area contributed by atoms with Crippen LogP contribution >= 0.6 is 0 Å². The lowest BCUT2D eigenvalue weighted by atomic mass is 10.00. The number of H-pyrrole nitrogens is 1. The molecular weight excluding hydrogens is 1140 g/mol. The first kappa shape index (κ1) is 52.3. The average molecular weight is 1200 g/mol. The van der Waals surface area contributed by atoms with Gasteiger partial charge in [-0.05, 0) is 84.4 Å². The highest BCUT2D eigenvalue weighted by Crippen LogP contribution is 2.50. The summed E-state index contributed by atoms with van der Waals surface area (Å²) in [4.78, 5) is 27.5. The van der Waals surface area contributed by atoms with Gasteiger partial charge < -0.3 is 23.6 Å². The summed E-state index contributed by atoms with van der Waals surface area (Å²) in [5, 5.41) is 10.7. The molecule has 0 bridgehead atoms. The molecule has 12 aromatic carbocycles. The summed E-state index contributed by atoms with van der Waals surface area (Å²) < 4.78 is 21.6. The zero-order valence-electron chi connectivity index (χ0n) is 50.5. The fraction of sp³-hybridized carbons (Fsp3) is 0.0244. The maximum atomic E-state index is 6.54. The number of pyridine rings is 1. The molecule has 11 nitrogen and oxygen atoms in total. The third-order valence-electron chi connectivity index (χ3n) is 18.8. The van der Waals surface area contributed by atoms with Crippen molar-refractivity contribution in [1.82, 2.24) is 43.2 Å². The fourth-order valence-electron chi connectivity index (χ4n) is 14.7. The number of hydrogen-bond acceptors (Lipinski definition) is 6. The van der Waals surface area contributed by atoms with E-state index in [2.05, 4.69) is 260 Å². The summed E-state index contributed by atoms with van der Waals surface area (Å²) in [5.41, 5.74) is 15.7. The molecule has 0 aliphatic heterocycles. The van der Waals surface area contributed by atoms with Crippen molar-refractivity contribution in [3.05, 3.63) is 279 Å². The Bertz CT molecular complexity index is 6070. The van der Waals surface area contributed by atoms with Gasteiger partial charge in [0.2, 0.25) is 0 Å². The number of rotatable bonds is 10. The largest absolute Gasteiger partial charge is 0.497 e. The van der Waals surface area contributed by atoms with Crippen molar-refractivity contribution in [2.75, 3.05) is 14.2 Å². The standard InChI is InChI=1S/C82H53N9O2/c1-92-52-42-44-65-63(46-52)64-48-53(93-2)47-62(75(64)83-65)51-41-43-61-60-33-15-22-40-72(60)91(73(61)45-51)82-77(89-68-36-18-11-29-56(68)57-30-12-19-37-69(57)89)74(80-85-78(49-23-5-3-6-24-49)84-79(86-80)50-25-7-4-8-26-50)76(88-66-34-16-9-27-54(66)55-28-10-17-35-67(55)88)81(87-82)90-70-38-20-13-31-58(70)59-32-14-21-39-71(59)90/h3-48,83H,1-2H3. The minimum atomic E-state index is 0.456. The van der Waals surface area contributed by atoms with E-state index in [1.54, 1.807) is 14.2 Å². The lowest BCUT2D eigenvalue weighted by Gasteiger charge is -2.26. The van der Waals surface area contributed by atoms with E-state index in [4.69, 9.17) is 29.4 Å². The van der Waals surface area contributed by atoms with Crippen LogP contribution in [0, 0.1) is 0 Å². The van der Waals surface area contributed by atoms with Crippen molar-refractivity contribution >= 4 is 109 Å². The molecule has 7 aromatic heterocycles. The minimum Gasteiger partial charge on any atom is -0.497 e. The summed E-state index contributed by atoms with van der Waals surface area (Å²) in [5.74, 6) is 4.34. The average Bonchev–Trinajstić information content (AvgIpc) is 1.65. The zero-order valence-corrected chi connectivity index (χ0v) is 50.5. The molecule has 19 rings (SSSR count). The molecule has 0 amide bonds. The van der Waals surface area contributed by atoms with Gasteiger partial charge in [-0.2, -0.15) is 0 Å². The molecule has 0 fully saturated rings. The molecule has 0 atom stereocenters. The normalized spacial score (nSPS) is 12.0. The number of aromatic amines is 1. The summed E-state index contributed by atoms with van der Waals surface area (Å²) in [6.07, 6.45) is 0. The highest BCUT2D eigenvalue weighted by atomic mass is 16.5. The number of nitrogens with one attached hydrogen (secondary N) is 1. The molecule has 93 heavy (non-hydrogen) atoms. The third kappa shape index (κ3) is 7.83. The van der Waals surface area contributed by atoms with E-state index in [9.17, 15) is 0 Å². The second-order valence-corrected chi connectivity index (χ2v) is 23.7. The van der Waals surface area contributed by atoms with E-state index in [0.29, 0.717) is 29.1 Å². The number of benzene rings is 12. The van der Waals surface area contributed by atoms with Crippen LogP contribution in [0.4, 0.5) is 0 Å². The Balaban J connectivity index is 1.08. The van der Waals surface area contributed by atoms with Crippen LogP contribution in [0.1, 0.15) is 0 Å². The Kier molecular flexibility index (Phi) is 11.5. The van der Waals surface area contributed by atoms with Gasteiger partial charge in [-0.25, -0.2) is 19.9 Å². The molecule has 0 spiro atoms. The van der Waals surface area contributed by atoms with Crippen LogP contribution in [0.15, 0.2) is 279 Å². The number of aromatic nitrogens is 9. The van der Waals surface area contributed by atoms with E-state index in [-0.39, 0.29) is 0 Å². The quantitative estimate of drug-likeness (QED) is 0.146. The number of hydrogen-bond donors (Lipinski definition) is 1. The smallest absolute Gasteiger partial charge is 0.168 e. The Hall–Kier alpha value is -12.6. The molecule has 0 saturated heterocycles. The Morgan fingerprint density at radius 2 is 0.656 bits per heavy atom. The van der Waals surface area contributed by atoms with Gasteiger partial charge in [0.1, 0.15) is 22.9 Å². The molecule has 11 heteroatoms. The SMILES string of the molecule is COc1ccc2[nH]c3c(-c4ccc5c6ccccc6n(-c6nc(-n7c8ccccc8c8ccccc87)c(-n7c8ccccc8c8ccccc87)c(-c7nc(-c8ccccc8)nc(-c8ccccc8)n7)c6-n6c7ccccc7c7ccccc76)c5c4)cc(OC)cc3c2c1.